The summed E-state index contributed by atoms with van der Waals surface area (Å²) < 4.78 is 0. The van der Waals surface area contributed by atoms with Crippen LogP contribution in [0.3, 0.4) is 0 Å². The molecule has 0 unspecified atom stereocenters. The summed E-state index contributed by atoms with van der Waals surface area (Å²) in [6.45, 7) is 0.645. The molecule has 0 saturated carbocycles. The van der Waals surface area contributed by atoms with Crippen molar-refractivity contribution in [2.24, 2.45) is 0 Å². The molecule has 0 aliphatic carbocycles. The number of nitrogens with two attached hydrogens (primary N) is 1. The fraction of sp³-hybridized carbons (Fsp3) is 0.286. The second kappa shape index (κ2) is 6.58. The standard InChI is InChI=1S/C14H18N4O/c15-12-5-2-1-4-11(12)10-14(19)18-7-3-6-13-16-8-9-17-13/h1-2,4-5,8-9H,3,6-7,10,15H2,(H,16,17)(H,18,19). The number of rotatable bonds is 6. The molecule has 0 bridgehead atoms. The van der Waals surface area contributed by atoms with Crippen molar-refractivity contribution < 1.29 is 4.79 Å². The number of carbonyl (C=O) groups is 1. The van der Waals surface area contributed by atoms with Crippen LogP contribution in [0.5, 0.6) is 0 Å². The Hall–Kier alpha value is -2.30. The average Bonchev–Trinajstić information content (AvgIpc) is 2.91. The third kappa shape index (κ3) is 4.13. The molecule has 5 nitrogen and oxygen atoms in total. The van der Waals surface area contributed by atoms with E-state index in [4.69, 9.17) is 5.73 Å². The second-order valence-electron chi connectivity index (χ2n) is 4.36. The summed E-state index contributed by atoms with van der Waals surface area (Å²) in [5, 5.41) is 2.88. The van der Waals surface area contributed by atoms with E-state index in [1.807, 2.05) is 18.2 Å². The Labute approximate surface area is 112 Å². The van der Waals surface area contributed by atoms with Crippen molar-refractivity contribution in [3.8, 4) is 0 Å². The maximum absolute atomic E-state index is 11.7. The smallest absolute Gasteiger partial charge is 0.224 e. The largest absolute Gasteiger partial charge is 0.398 e. The Morgan fingerprint density at radius 2 is 2.21 bits per heavy atom. The molecule has 4 N–H and O–H groups in total. The summed E-state index contributed by atoms with van der Waals surface area (Å²) in [6, 6.07) is 7.42. The normalized spacial score (nSPS) is 10.3. The molecule has 0 spiro atoms. The molecule has 5 heteroatoms. The SMILES string of the molecule is Nc1ccccc1CC(=O)NCCCc1ncc[nH]1. The number of hydrogen-bond acceptors (Lipinski definition) is 3. The number of carbonyl (C=O) groups excluding carboxylic acids is 1. The lowest BCUT2D eigenvalue weighted by atomic mass is 10.1. The molecular formula is C14H18N4O. The van der Waals surface area contributed by atoms with Gasteiger partial charge < -0.3 is 16.0 Å². The molecule has 0 radical (unpaired) electrons. The lowest BCUT2D eigenvalue weighted by Crippen LogP contribution is -2.26. The first-order valence-corrected chi connectivity index (χ1v) is 6.34. The molecule has 1 amide bonds. The van der Waals surface area contributed by atoms with Crippen LogP contribution in [0, 0.1) is 0 Å². The number of H-pyrrole nitrogens is 1. The first-order valence-electron chi connectivity index (χ1n) is 6.34. The van der Waals surface area contributed by atoms with Gasteiger partial charge >= 0.3 is 0 Å². The number of nitrogens with zero attached hydrogens (tertiary/aromatic N) is 1. The number of anilines is 1. The highest BCUT2D eigenvalue weighted by Crippen LogP contribution is 2.10. The zero-order valence-electron chi connectivity index (χ0n) is 10.7. The van der Waals surface area contributed by atoms with Crippen LogP contribution in [0.15, 0.2) is 36.7 Å². The van der Waals surface area contributed by atoms with E-state index in [2.05, 4.69) is 15.3 Å². The van der Waals surface area contributed by atoms with Crippen LogP contribution < -0.4 is 11.1 Å². The fourth-order valence-corrected chi connectivity index (χ4v) is 1.85. The van der Waals surface area contributed by atoms with Gasteiger partial charge in [0.05, 0.1) is 6.42 Å². The number of nitrogens with one attached hydrogen (secondary N) is 2. The zero-order chi connectivity index (χ0) is 13.5. The third-order valence-electron chi connectivity index (χ3n) is 2.87. The summed E-state index contributed by atoms with van der Waals surface area (Å²) in [4.78, 5) is 18.9. The highest BCUT2D eigenvalue weighted by atomic mass is 16.1. The summed E-state index contributed by atoms with van der Waals surface area (Å²) in [7, 11) is 0. The number of hydrogen-bond donors (Lipinski definition) is 3. The molecule has 1 aromatic carbocycles. The zero-order valence-corrected chi connectivity index (χ0v) is 10.7. The molecule has 19 heavy (non-hydrogen) atoms. The molecule has 1 aromatic heterocycles. The van der Waals surface area contributed by atoms with Crippen molar-refractivity contribution in [3.63, 3.8) is 0 Å². The van der Waals surface area contributed by atoms with Gasteiger partial charge in [-0.15, -0.1) is 0 Å². The van der Waals surface area contributed by atoms with Gasteiger partial charge in [-0.25, -0.2) is 4.98 Å². The first-order chi connectivity index (χ1) is 9.25. The van der Waals surface area contributed by atoms with Crippen molar-refractivity contribution >= 4 is 11.6 Å². The molecule has 2 aromatic rings. The fourth-order valence-electron chi connectivity index (χ4n) is 1.85. The number of amides is 1. The lowest BCUT2D eigenvalue weighted by Gasteiger charge is -2.06. The quantitative estimate of drug-likeness (QED) is 0.539. The summed E-state index contributed by atoms with van der Waals surface area (Å²) >= 11 is 0. The summed E-state index contributed by atoms with van der Waals surface area (Å²) in [5.74, 6) is 0.943. The molecule has 0 aliphatic rings. The monoisotopic (exact) mass is 258 g/mol. The predicted molar refractivity (Wildman–Crippen MR) is 74.5 cm³/mol. The highest BCUT2D eigenvalue weighted by Gasteiger charge is 2.05. The van der Waals surface area contributed by atoms with Gasteiger partial charge in [0.1, 0.15) is 5.82 Å². The minimum Gasteiger partial charge on any atom is -0.398 e. The number of benzene rings is 1. The Balaban J connectivity index is 1.69. The maximum atomic E-state index is 11.7. The molecule has 0 atom stereocenters. The van der Waals surface area contributed by atoms with E-state index in [0.29, 0.717) is 18.7 Å². The lowest BCUT2D eigenvalue weighted by molar-refractivity contribution is -0.120. The maximum Gasteiger partial charge on any atom is 0.224 e. The number of aromatic nitrogens is 2. The van der Waals surface area contributed by atoms with E-state index < -0.39 is 0 Å². The van der Waals surface area contributed by atoms with Crippen LogP contribution in [0.4, 0.5) is 5.69 Å². The van der Waals surface area contributed by atoms with Gasteiger partial charge in [0.25, 0.3) is 0 Å². The van der Waals surface area contributed by atoms with Crippen molar-refractivity contribution in [2.45, 2.75) is 19.3 Å². The van der Waals surface area contributed by atoms with Crippen LogP contribution in [0.1, 0.15) is 17.8 Å². The predicted octanol–water partition coefficient (Wildman–Crippen LogP) is 1.28. The minimum atomic E-state index is -0.00246. The topological polar surface area (TPSA) is 83.8 Å². The van der Waals surface area contributed by atoms with Gasteiger partial charge in [-0.3, -0.25) is 4.79 Å². The molecule has 2 rings (SSSR count). The van der Waals surface area contributed by atoms with E-state index >= 15 is 0 Å². The molecule has 1 heterocycles. The second-order valence-corrected chi connectivity index (χ2v) is 4.36. The number of imidazole rings is 1. The van der Waals surface area contributed by atoms with Crippen molar-refractivity contribution in [1.29, 1.82) is 0 Å². The van der Waals surface area contributed by atoms with E-state index in [0.717, 1.165) is 24.2 Å². The first kappa shape index (κ1) is 13.1. The van der Waals surface area contributed by atoms with Crippen molar-refractivity contribution in [3.05, 3.63) is 48.0 Å². The van der Waals surface area contributed by atoms with Crippen LogP contribution >= 0.6 is 0 Å². The number of aromatic amines is 1. The van der Waals surface area contributed by atoms with Crippen LogP contribution in [0.2, 0.25) is 0 Å². The molecular weight excluding hydrogens is 240 g/mol. The van der Waals surface area contributed by atoms with Gasteiger partial charge in [0.15, 0.2) is 0 Å². The Morgan fingerprint density at radius 1 is 1.37 bits per heavy atom. The number of para-hydroxylation sites is 1. The summed E-state index contributed by atoms with van der Waals surface area (Å²) in [6.07, 6.45) is 5.55. The van der Waals surface area contributed by atoms with Crippen molar-refractivity contribution in [1.82, 2.24) is 15.3 Å². The van der Waals surface area contributed by atoms with Gasteiger partial charge in [0, 0.05) is 31.0 Å². The number of nitrogen functional groups attached to an aromatic ring is 1. The molecule has 0 saturated heterocycles. The Morgan fingerprint density at radius 3 is 2.95 bits per heavy atom. The summed E-state index contributed by atoms with van der Waals surface area (Å²) in [5.41, 5.74) is 7.32. The Bertz CT molecular complexity index is 522. The Kier molecular flexibility index (Phi) is 4.55. The van der Waals surface area contributed by atoms with E-state index in [1.54, 1.807) is 18.5 Å². The van der Waals surface area contributed by atoms with E-state index in [1.165, 1.54) is 0 Å². The minimum absolute atomic E-state index is 0.00246. The van der Waals surface area contributed by atoms with E-state index in [9.17, 15) is 4.79 Å². The average molecular weight is 258 g/mol. The van der Waals surface area contributed by atoms with Crippen LogP contribution in [-0.4, -0.2) is 22.4 Å². The number of aryl methyl sites for hydroxylation is 1. The van der Waals surface area contributed by atoms with Crippen molar-refractivity contribution in [2.75, 3.05) is 12.3 Å². The molecule has 100 valence electrons. The van der Waals surface area contributed by atoms with Crippen LogP contribution in [-0.2, 0) is 17.6 Å². The van der Waals surface area contributed by atoms with E-state index in [-0.39, 0.29) is 5.91 Å². The highest BCUT2D eigenvalue weighted by molar-refractivity contribution is 5.80. The van der Waals surface area contributed by atoms with Gasteiger partial charge in [0.2, 0.25) is 5.91 Å². The van der Waals surface area contributed by atoms with Gasteiger partial charge in [-0.2, -0.15) is 0 Å². The van der Waals surface area contributed by atoms with Crippen LogP contribution in [0.25, 0.3) is 0 Å². The van der Waals surface area contributed by atoms with Gasteiger partial charge in [-0.1, -0.05) is 18.2 Å². The molecule has 0 aliphatic heterocycles. The third-order valence-corrected chi connectivity index (χ3v) is 2.87. The van der Waals surface area contributed by atoms with Gasteiger partial charge in [-0.05, 0) is 18.1 Å². The molecule has 0 fully saturated rings.